The highest BCUT2D eigenvalue weighted by Crippen LogP contribution is 2.23. The van der Waals surface area contributed by atoms with Gasteiger partial charge in [-0.25, -0.2) is 9.97 Å². The van der Waals surface area contributed by atoms with E-state index in [9.17, 15) is 9.18 Å². The fourth-order valence-corrected chi connectivity index (χ4v) is 1.66. The van der Waals surface area contributed by atoms with Crippen LogP contribution in [0.4, 0.5) is 10.1 Å². The Labute approximate surface area is 108 Å². The second-order valence-corrected chi connectivity index (χ2v) is 3.95. The van der Waals surface area contributed by atoms with Crippen molar-refractivity contribution in [1.82, 2.24) is 9.97 Å². The number of pyridine rings is 2. The van der Waals surface area contributed by atoms with E-state index in [0.29, 0.717) is 5.69 Å². The number of hydrogen-bond donors (Lipinski definition) is 1. The van der Waals surface area contributed by atoms with Crippen molar-refractivity contribution in [3.8, 4) is 0 Å². The van der Waals surface area contributed by atoms with Crippen molar-refractivity contribution >= 4 is 23.2 Å². The first kappa shape index (κ1) is 12.4. The van der Waals surface area contributed by atoms with Crippen LogP contribution in [0.15, 0.2) is 30.6 Å². The first-order valence-electron chi connectivity index (χ1n) is 5.12. The van der Waals surface area contributed by atoms with Gasteiger partial charge in [-0.05, 0) is 30.7 Å². The molecule has 2 rings (SSSR count). The van der Waals surface area contributed by atoms with Gasteiger partial charge in [0.15, 0.2) is 5.15 Å². The van der Waals surface area contributed by atoms with Gasteiger partial charge in [0.2, 0.25) is 5.95 Å². The zero-order chi connectivity index (χ0) is 13.1. The molecule has 4 nitrogen and oxygen atoms in total. The Morgan fingerprint density at radius 2 is 2.11 bits per heavy atom. The zero-order valence-corrected chi connectivity index (χ0v) is 10.2. The molecule has 0 aliphatic heterocycles. The van der Waals surface area contributed by atoms with Crippen LogP contribution in [0.3, 0.4) is 0 Å². The summed E-state index contributed by atoms with van der Waals surface area (Å²) in [6.07, 6.45) is 2.80. The van der Waals surface area contributed by atoms with Gasteiger partial charge in [0, 0.05) is 12.4 Å². The van der Waals surface area contributed by atoms with E-state index in [2.05, 4.69) is 15.3 Å². The Morgan fingerprint density at radius 1 is 1.33 bits per heavy atom. The fourth-order valence-electron chi connectivity index (χ4n) is 1.41. The SMILES string of the molecule is Cc1ccnc(Cl)c1NC(=O)c1cccnc1F. The molecule has 2 heterocycles. The van der Waals surface area contributed by atoms with Gasteiger partial charge in [-0.3, -0.25) is 4.79 Å². The van der Waals surface area contributed by atoms with Crippen molar-refractivity contribution in [2.45, 2.75) is 6.92 Å². The third-order valence-electron chi connectivity index (χ3n) is 2.36. The summed E-state index contributed by atoms with van der Waals surface area (Å²) in [6, 6.07) is 4.52. The molecule has 0 spiro atoms. The molecule has 0 saturated carbocycles. The average Bonchev–Trinajstić information content (AvgIpc) is 2.34. The summed E-state index contributed by atoms with van der Waals surface area (Å²) in [5.41, 5.74) is 0.969. The summed E-state index contributed by atoms with van der Waals surface area (Å²) in [5.74, 6) is -1.44. The first-order valence-corrected chi connectivity index (χ1v) is 5.50. The Kier molecular flexibility index (Phi) is 3.53. The van der Waals surface area contributed by atoms with E-state index in [-0.39, 0.29) is 10.7 Å². The van der Waals surface area contributed by atoms with Gasteiger partial charge in [0.05, 0.1) is 11.3 Å². The molecule has 6 heteroatoms. The predicted molar refractivity (Wildman–Crippen MR) is 66.1 cm³/mol. The lowest BCUT2D eigenvalue weighted by Crippen LogP contribution is -2.15. The number of aryl methyl sites for hydroxylation is 1. The van der Waals surface area contributed by atoms with E-state index in [0.717, 1.165) is 5.56 Å². The maximum Gasteiger partial charge on any atom is 0.260 e. The lowest BCUT2D eigenvalue weighted by molar-refractivity contribution is 0.102. The molecule has 0 fully saturated rings. The van der Waals surface area contributed by atoms with Gasteiger partial charge in [-0.15, -0.1) is 0 Å². The van der Waals surface area contributed by atoms with Crippen molar-refractivity contribution in [1.29, 1.82) is 0 Å². The normalized spacial score (nSPS) is 10.2. The molecular weight excluding hydrogens is 257 g/mol. The molecule has 92 valence electrons. The van der Waals surface area contributed by atoms with Crippen molar-refractivity contribution < 1.29 is 9.18 Å². The number of hydrogen-bond acceptors (Lipinski definition) is 3. The van der Waals surface area contributed by atoms with Gasteiger partial charge < -0.3 is 5.32 Å². The van der Waals surface area contributed by atoms with Crippen LogP contribution < -0.4 is 5.32 Å². The topological polar surface area (TPSA) is 54.9 Å². The first-order chi connectivity index (χ1) is 8.59. The van der Waals surface area contributed by atoms with Gasteiger partial charge in [-0.2, -0.15) is 4.39 Å². The van der Waals surface area contributed by atoms with Crippen LogP contribution in [0.5, 0.6) is 0 Å². The molecular formula is C12H9ClFN3O. The van der Waals surface area contributed by atoms with Gasteiger partial charge in [0.1, 0.15) is 0 Å². The quantitative estimate of drug-likeness (QED) is 0.850. The molecule has 0 aliphatic rings. The summed E-state index contributed by atoms with van der Waals surface area (Å²) in [5, 5.41) is 2.68. The van der Waals surface area contributed by atoms with E-state index in [1.165, 1.54) is 24.5 Å². The number of halogens is 2. The van der Waals surface area contributed by atoms with E-state index >= 15 is 0 Å². The Balaban J connectivity index is 2.30. The van der Waals surface area contributed by atoms with Crippen LogP contribution >= 0.6 is 11.6 Å². The molecule has 0 aromatic carbocycles. The van der Waals surface area contributed by atoms with Crippen molar-refractivity contribution in [2.24, 2.45) is 0 Å². The van der Waals surface area contributed by atoms with Crippen LogP contribution in [0.2, 0.25) is 5.15 Å². The third kappa shape index (κ3) is 2.46. The largest absolute Gasteiger partial charge is 0.319 e. The highest BCUT2D eigenvalue weighted by atomic mass is 35.5. The number of carbonyl (C=O) groups is 1. The Hall–Kier alpha value is -2.01. The second kappa shape index (κ2) is 5.10. The predicted octanol–water partition coefficient (Wildman–Crippen LogP) is 2.83. The number of amides is 1. The highest BCUT2D eigenvalue weighted by Gasteiger charge is 2.15. The summed E-state index contributed by atoms with van der Waals surface area (Å²) < 4.78 is 13.3. The second-order valence-electron chi connectivity index (χ2n) is 3.59. The van der Waals surface area contributed by atoms with E-state index in [4.69, 9.17) is 11.6 Å². The number of anilines is 1. The minimum atomic E-state index is -0.826. The minimum Gasteiger partial charge on any atom is -0.319 e. The maximum absolute atomic E-state index is 13.3. The summed E-state index contributed by atoms with van der Waals surface area (Å²) in [6.45, 7) is 1.77. The Morgan fingerprint density at radius 3 is 2.78 bits per heavy atom. The van der Waals surface area contributed by atoms with Crippen LogP contribution in [0.1, 0.15) is 15.9 Å². The monoisotopic (exact) mass is 265 g/mol. The van der Waals surface area contributed by atoms with Crippen LogP contribution in [0.25, 0.3) is 0 Å². The van der Waals surface area contributed by atoms with Gasteiger partial charge in [0.25, 0.3) is 5.91 Å². The molecule has 2 aromatic rings. The van der Waals surface area contributed by atoms with Crippen molar-refractivity contribution in [2.75, 3.05) is 5.32 Å². The van der Waals surface area contributed by atoms with Gasteiger partial charge in [-0.1, -0.05) is 11.6 Å². The van der Waals surface area contributed by atoms with Crippen LogP contribution in [-0.2, 0) is 0 Å². The number of aromatic nitrogens is 2. The van der Waals surface area contributed by atoms with E-state index in [1.807, 2.05) is 0 Å². The zero-order valence-electron chi connectivity index (χ0n) is 9.45. The maximum atomic E-state index is 13.3. The highest BCUT2D eigenvalue weighted by molar-refractivity contribution is 6.32. The number of nitrogens with zero attached hydrogens (tertiary/aromatic N) is 2. The van der Waals surface area contributed by atoms with Crippen molar-refractivity contribution in [3.63, 3.8) is 0 Å². The summed E-state index contributed by atoms with van der Waals surface area (Å²) in [4.78, 5) is 19.1. The molecule has 0 aliphatic carbocycles. The minimum absolute atomic E-state index is 0.142. The van der Waals surface area contributed by atoms with Crippen LogP contribution in [0, 0.1) is 12.9 Å². The van der Waals surface area contributed by atoms with Crippen molar-refractivity contribution in [3.05, 3.63) is 52.8 Å². The number of nitrogens with one attached hydrogen (secondary N) is 1. The smallest absolute Gasteiger partial charge is 0.260 e. The number of carbonyl (C=O) groups excluding carboxylic acids is 1. The molecule has 1 N–H and O–H groups in total. The fraction of sp³-hybridized carbons (Fsp3) is 0.0833. The lowest BCUT2D eigenvalue weighted by atomic mass is 10.2. The average molecular weight is 266 g/mol. The molecule has 0 radical (unpaired) electrons. The Bertz CT molecular complexity index is 583. The standard InChI is InChI=1S/C12H9ClFN3O/c1-7-4-6-15-10(13)9(7)17-12(18)8-3-2-5-16-11(8)14/h2-6H,1H3,(H,17,18). The molecule has 0 saturated heterocycles. The molecule has 18 heavy (non-hydrogen) atoms. The summed E-state index contributed by atoms with van der Waals surface area (Å²) in [7, 11) is 0. The molecule has 2 aromatic heterocycles. The molecule has 0 atom stereocenters. The number of rotatable bonds is 2. The van der Waals surface area contributed by atoms with E-state index < -0.39 is 11.9 Å². The molecule has 0 unspecified atom stereocenters. The lowest BCUT2D eigenvalue weighted by Gasteiger charge is -2.09. The van der Waals surface area contributed by atoms with Crippen LogP contribution in [-0.4, -0.2) is 15.9 Å². The van der Waals surface area contributed by atoms with Gasteiger partial charge >= 0.3 is 0 Å². The summed E-state index contributed by atoms with van der Waals surface area (Å²) >= 11 is 5.87. The third-order valence-corrected chi connectivity index (χ3v) is 2.64. The van der Waals surface area contributed by atoms with E-state index in [1.54, 1.807) is 13.0 Å². The molecule has 0 bridgehead atoms. The molecule has 1 amide bonds.